The van der Waals surface area contributed by atoms with E-state index >= 15 is 0 Å². The van der Waals surface area contributed by atoms with E-state index in [0.717, 1.165) is 25.9 Å². The van der Waals surface area contributed by atoms with Crippen LogP contribution in [0.5, 0.6) is 0 Å². The average Bonchev–Trinajstić information content (AvgIpc) is 3.41. The molecule has 3 aromatic rings. The van der Waals surface area contributed by atoms with Crippen LogP contribution in [0, 0.1) is 5.92 Å². The Morgan fingerprint density at radius 2 is 1.62 bits per heavy atom. The number of hydrogen-bond donors (Lipinski definition) is 5. The van der Waals surface area contributed by atoms with Crippen molar-refractivity contribution in [3.8, 4) is 0 Å². The van der Waals surface area contributed by atoms with Crippen LogP contribution in [-0.4, -0.2) is 70.5 Å². The summed E-state index contributed by atoms with van der Waals surface area (Å²) in [5.74, 6) is -0.930. The van der Waals surface area contributed by atoms with Crippen molar-refractivity contribution in [2.24, 2.45) is 5.92 Å². The van der Waals surface area contributed by atoms with Crippen LogP contribution >= 0.6 is 11.6 Å². The number of carbonyl (C=O) groups excluding carboxylic acids is 3. The van der Waals surface area contributed by atoms with Crippen molar-refractivity contribution < 1.29 is 19.5 Å². The number of imidazole rings is 1. The summed E-state index contributed by atoms with van der Waals surface area (Å²) in [6, 6.07) is 13.3. The number of aromatic amines is 1. The van der Waals surface area contributed by atoms with Gasteiger partial charge in [0.05, 0.1) is 16.9 Å². The summed E-state index contributed by atoms with van der Waals surface area (Å²) in [5, 5.41) is 17.9. The van der Waals surface area contributed by atoms with Gasteiger partial charge in [0.2, 0.25) is 0 Å². The van der Waals surface area contributed by atoms with Gasteiger partial charge in [-0.15, -0.1) is 0 Å². The molecule has 1 aliphatic heterocycles. The third kappa shape index (κ3) is 6.94. The molecule has 0 unspecified atom stereocenters. The van der Waals surface area contributed by atoms with E-state index in [-0.39, 0.29) is 23.9 Å². The predicted octanol–water partition coefficient (Wildman–Crippen LogP) is 3.00. The van der Waals surface area contributed by atoms with Crippen LogP contribution < -0.4 is 16.0 Å². The van der Waals surface area contributed by atoms with E-state index in [1.807, 2.05) is 0 Å². The molecule has 0 radical (unpaired) electrons. The third-order valence-corrected chi connectivity index (χ3v) is 6.61. The van der Waals surface area contributed by atoms with E-state index in [4.69, 9.17) is 11.6 Å². The number of piperidine rings is 1. The van der Waals surface area contributed by atoms with Crippen molar-refractivity contribution in [1.82, 2.24) is 20.2 Å². The summed E-state index contributed by atoms with van der Waals surface area (Å²) in [4.78, 5) is 46.8. The van der Waals surface area contributed by atoms with E-state index < -0.39 is 11.8 Å². The normalized spacial score (nSPS) is 14.2. The number of amides is 3. The maximum absolute atomic E-state index is 12.8. The standard InChI is InChI=1S/C26H29ClN6O4/c27-21-4-2-1-3-20(21)24(35)31-18-5-7-19(8-6-18)32-26(37)23-22(29-16-30-23)25(36)28-11-14-33-12-9-17(15-34)10-13-33/h1-8,16-17,34H,9-15H2,(H,28,36)(H,29,30)(H,31,35)(H,32,37). The number of H-pyrrole nitrogens is 1. The molecule has 194 valence electrons. The van der Waals surface area contributed by atoms with Crippen molar-refractivity contribution in [2.75, 3.05) is 43.4 Å². The van der Waals surface area contributed by atoms with Gasteiger partial charge in [-0.3, -0.25) is 14.4 Å². The van der Waals surface area contributed by atoms with Crippen molar-refractivity contribution in [1.29, 1.82) is 0 Å². The minimum atomic E-state index is -0.537. The lowest BCUT2D eigenvalue weighted by Crippen LogP contribution is -2.40. The molecular weight excluding hydrogens is 496 g/mol. The molecule has 0 atom stereocenters. The molecule has 1 saturated heterocycles. The summed E-state index contributed by atoms with van der Waals surface area (Å²) in [7, 11) is 0. The largest absolute Gasteiger partial charge is 0.396 e. The smallest absolute Gasteiger partial charge is 0.276 e. The van der Waals surface area contributed by atoms with Crippen LogP contribution in [0.3, 0.4) is 0 Å². The Hall–Kier alpha value is -3.73. The Labute approximate surface area is 219 Å². The molecule has 11 heteroatoms. The van der Waals surface area contributed by atoms with E-state index in [0.29, 0.717) is 41.0 Å². The van der Waals surface area contributed by atoms with Crippen LogP contribution in [0.1, 0.15) is 44.2 Å². The summed E-state index contributed by atoms with van der Waals surface area (Å²) < 4.78 is 0. The Morgan fingerprint density at radius 3 is 2.27 bits per heavy atom. The predicted molar refractivity (Wildman–Crippen MR) is 141 cm³/mol. The number of nitrogens with zero attached hydrogens (tertiary/aromatic N) is 2. The topological polar surface area (TPSA) is 139 Å². The summed E-state index contributed by atoms with van der Waals surface area (Å²) in [5.41, 5.74) is 1.43. The van der Waals surface area contributed by atoms with Crippen molar-refractivity contribution in [3.63, 3.8) is 0 Å². The molecule has 0 spiro atoms. The summed E-state index contributed by atoms with van der Waals surface area (Å²) >= 11 is 6.07. The number of aliphatic hydroxyl groups is 1. The monoisotopic (exact) mass is 524 g/mol. The highest BCUT2D eigenvalue weighted by atomic mass is 35.5. The maximum atomic E-state index is 12.8. The highest BCUT2D eigenvalue weighted by Gasteiger charge is 2.22. The Bertz CT molecular complexity index is 1240. The minimum Gasteiger partial charge on any atom is -0.396 e. The van der Waals surface area contributed by atoms with Crippen LogP contribution in [-0.2, 0) is 0 Å². The third-order valence-electron chi connectivity index (χ3n) is 6.28. The number of anilines is 2. The zero-order valence-electron chi connectivity index (χ0n) is 20.2. The Balaban J connectivity index is 1.28. The van der Waals surface area contributed by atoms with Crippen LogP contribution in [0.15, 0.2) is 54.9 Å². The van der Waals surface area contributed by atoms with Crippen molar-refractivity contribution in [2.45, 2.75) is 12.8 Å². The number of aromatic nitrogens is 2. The highest BCUT2D eigenvalue weighted by Crippen LogP contribution is 2.19. The second kappa shape index (κ2) is 12.5. The molecule has 1 aliphatic rings. The van der Waals surface area contributed by atoms with E-state index in [9.17, 15) is 19.5 Å². The zero-order chi connectivity index (χ0) is 26.2. The molecule has 5 N–H and O–H groups in total. The lowest BCUT2D eigenvalue weighted by atomic mass is 9.98. The minimum absolute atomic E-state index is 0.0163. The molecule has 1 fully saturated rings. The Kier molecular flexibility index (Phi) is 8.89. The second-order valence-electron chi connectivity index (χ2n) is 8.82. The van der Waals surface area contributed by atoms with Gasteiger partial charge in [-0.2, -0.15) is 0 Å². The summed E-state index contributed by atoms with van der Waals surface area (Å²) in [6.45, 7) is 3.13. The average molecular weight is 525 g/mol. The number of carbonyl (C=O) groups is 3. The number of aliphatic hydroxyl groups excluding tert-OH is 1. The number of halogens is 1. The van der Waals surface area contributed by atoms with Gasteiger partial charge in [0.15, 0.2) is 5.69 Å². The van der Waals surface area contributed by atoms with Crippen LogP contribution in [0.2, 0.25) is 5.02 Å². The molecule has 37 heavy (non-hydrogen) atoms. The highest BCUT2D eigenvalue weighted by molar-refractivity contribution is 6.34. The first-order valence-electron chi connectivity index (χ1n) is 12.1. The molecule has 2 aromatic carbocycles. The molecule has 0 aliphatic carbocycles. The molecule has 0 saturated carbocycles. The second-order valence-corrected chi connectivity index (χ2v) is 9.22. The van der Waals surface area contributed by atoms with E-state index in [1.165, 1.54) is 6.33 Å². The number of likely N-dealkylation sites (tertiary alicyclic amines) is 1. The Morgan fingerprint density at radius 1 is 0.973 bits per heavy atom. The molecule has 0 bridgehead atoms. The summed E-state index contributed by atoms with van der Waals surface area (Å²) in [6.07, 6.45) is 3.20. The van der Waals surface area contributed by atoms with Crippen LogP contribution in [0.25, 0.3) is 0 Å². The van der Waals surface area contributed by atoms with E-state index in [2.05, 4.69) is 30.8 Å². The fourth-order valence-corrected chi connectivity index (χ4v) is 4.34. The first-order chi connectivity index (χ1) is 17.9. The zero-order valence-corrected chi connectivity index (χ0v) is 20.9. The van der Waals surface area contributed by atoms with Gasteiger partial charge < -0.3 is 30.9 Å². The van der Waals surface area contributed by atoms with Crippen LogP contribution in [0.4, 0.5) is 11.4 Å². The quantitative estimate of drug-likeness (QED) is 0.291. The van der Waals surface area contributed by atoms with E-state index in [1.54, 1.807) is 48.5 Å². The maximum Gasteiger partial charge on any atom is 0.276 e. The van der Waals surface area contributed by atoms with Gasteiger partial charge in [0, 0.05) is 31.1 Å². The number of hydrogen-bond acceptors (Lipinski definition) is 6. The fraction of sp³-hybridized carbons (Fsp3) is 0.308. The first kappa shape index (κ1) is 26.3. The van der Waals surface area contributed by atoms with Crippen molar-refractivity contribution in [3.05, 3.63) is 76.8 Å². The molecule has 1 aromatic heterocycles. The number of rotatable bonds is 9. The lowest BCUT2D eigenvalue weighted by molar-refractivity contribution is 0.0922. The molecule has 10 nitrogen and oxygen atoms in total. The van der Waals surface area contributed by atoms with Gasteiger partial charge in [0.1, 0.15) is 5.69 Å². The number of nitrogens with one attached hydrogen (secondary N) is 4. The van der Waals surface area contributed by atoms with Gasteiger partial charge in [-0.25, -0.2) is 4.98 Å². The van der Waals surface area contributed by atoms with Gasteiger partial charge in [-0.1, -0.05) is 23.7 Å². The molecular formula is C26H29ClN6O4. The van der Waals surface area contributed by atoms with Gasteiger partial charge in [0.25, 0.3) is 17.7 Å². The van der Waals surface area contributed by atoms with Gasteiger partial charge >= 0.3 is 0 Å². The molecule has 4 rings (SSSR count). The fourth-order valence-electron chi connectivity index (χ4n) is 4.12. The van der Waals surface area contributed by atoms with Crippen molar-refractivity contribution >= 4 is 40.7 Å². The lowest BCUT2D eigenvalue weighted by Gasteiger charge is -2.30. The molecule has 2 heterocycles. The molecule has 3 amide bonds. The first-order valence-corrected chi connectivity index (χ1v) is 12.4. The van der Waals surface area contributed by atoms with Gasteiger partial charge in [-0.05, 0) is 68.2 Å². The SMILES string of the molecule is O=C(Nc1ccc(NC(=O)c2nc[nH]c2C(=O)NCCN2CCC(CO)CC2)cc1)c1ccccc1Cl. The number of benzene rings is 2.